The molecular weight excluding hydrogens is 523 g/mol. The third kappa shape index (κ3) is 4.52. The number of benzene rings is 1. The number of imidazole rings is 1. The maximum atomic E-state index is 15.3. The largest absolute Gasteiger partial charge is 0.382 e. The maximum absolute atomic E-state index is 15.3. The number of fused-ring (bicyclic) bond motifs is 2. The average molecular weight is 550 g/mol. The molecule has 9 nitrogen and oxygen atoms in total. The van der Waals surface area contributed by atoms with Gasteiger partial charge >= 0.3 is 0 Å². The van der Waals surface area contributed by atoms with E-state index in [1.807, 2.05) is 9.30 Å². The topological polar surface area (TPSA) is 119 Å². The van der Waals surface area contributed by atoms with E-state index in [9.17, 15) is 18.4 Å². The second-order valence-electron chi connectivity index (χ2n) is 10.3. The number of halogens is 3. The third-order valence-electron chi connectivity index (χ3n) is 7.69. The average Bonchev–Trinajstić information content (AvgIpc) is 3.49. The van der Waals surface area contributed by atoms with Crippen LogP contribution in [0.4, 0.5) is 24.8 Å². The van der Waals surface area contributed by atoms with Gasteiger partial charge in [-0.2, -0.15) is 0 Å². The second-order valence-corrected chi connectivity index (χ2v) is 10.3. The summed E-state index contributed by atoms with van der Waals surface area (Å²) in [7, 11) is 0. The quantitative estimate of drug-likeness (QED) is 0.371. The van der Waals surface area contributed by atoms with Crippen LogP contribution in [0, 0.1) is 5.82 Å². The van der Waals surface area contributed by atoms with Gasteiger partial charge in [0, 0.05) is 61.6 Å². The molecule has 2 aliphatic heterocycles. The highest BCUT2D eigenvalue weighted by Crippen LogP contribution is 2.38. The van der Waals surface area contributed by atoms with Gasteiger partial charge in [0.2, 0.25) is 5.91 Å². The summed E-state index contributed by atoms with van der Waals surface area (Å²) >= 11 is 0. The Morgan fingerprint density at radius 3 is 2.73 bits per heavy atom. The first kappa shape index (κ1) is 25.8. The van der Waals surface area contributed by atoms with Crippen LogP contribution in [-0.4, -0.2) is 48.7 Å². The van der Waals surface area contributed by atoms with Crippen LogP contribution in [0.15, 0.2) is 48.9 Å². The van der Waals surface area contributed by atoms with Gasteiger partial charge in [0.15, 0.2) is 0 Å². The van der Waals surface area contributed by atoms with Crippen LogP contribution in [0.5, 0.6) is 0 Å². The third-order valence-corrected chi connectivity index (χ3v) is 7.69. The molecule has 3 aromatic heterocycles. The number of hydrogen-bond donors (Lipinski definition) is 2. The zero-order valence-electron chi connectivity index (χ0n) is 21.6. The Morgan fingerprint density at radius 2 is 1.95 bits per heavy atom. The van der Waals surface area contributed by atoms with Gasteiger partial charge in [0.05, 0.1) is 5.56 Å². The van der Waals surface area contributed by atoms with Gasteiger partial charge in [0.25, 0.3) is 11.8 Å². The number of nitrogens with zero attached hydrogens (tertiary/aromatic N) is 5. The van der Waals surface area contributed by atoms with Crippen molar-refractivity contribution < 1.29 is 22.8 Å². The van der Waals surface area contributed by atoms with Crippen molar-refractivity contribution in [3.05, 3.63) is 71.7 Å². The molecule has 0 spiro atoms. The van der Waals surface area contributed by atoms with E-state index < -0.39 is 17.6 Å². The summed E-state index contributed by atoms with van der Waals surface area (Å²) in [6.07, 6.45) is 7.63. The minimum absolute atomic E-state index is 0.0324. The van der Waals surface area contributed by atoms with Crippen molar-refractivity contribution in [1.82, 2.24) is 24.3 Å². The van der Waals surface area contributed by atoms with E-state index in [1.54, 1.807) is 18.5 Å². The van der Waals surface area contributed by atoms with E-state index in [2.05, 4.69) is 15.3 Å². The highest BCUT2D eigenvalue weighted by molar-refractivity contribution is 6.04. The van der Waals surface area contributed by atoms with Crippen LogP contribution in [0.1, 0.15) is 60.3 Å². The zero-order chi connectivity index (χ0) is 28.2. The van der Waals surface area contributed by atoms with E-state index in [0.717, 1.165) is 44.5 Å². The summed E-state index contributed by atoms with van der Waals surface area (Å²) in [6.45, 7) is 1.29. The molecule has 4 aromatic rings. The Balaban J connectivity index is 1.31. The van der Waals surface area contributed by atoms with Crippen molar-refractivity contribution >= 4 is 29.0 Å². The van der Waals surface area contributed by atoms with Gasteiger partial charge in [-0.05, 0) is 43.5 Å². The summed E-state index contributed by atoms with van der Waals surface area (Å²) in [5.74, 6) is -3.88. The standard InChI is InChI=1S/C28H26F3N7O2/c1-28(30,31)17-8-9-33-21(13-17)35-27(40)19-6-3-15(12-20(19)29)23-24-25(32)34-10-11-37(24)26(36-23)16-2-4-18-5-7-22(39)38(18)14-16/h3,6,8-13,16,18H,2,4-5,7,14H2,1H3,(H2,32,34)(H,33,35,40). The van der Waals surface area contributed by atoms with Gasteiger partial charge < -0.3 is 16.0 Å². The van der Waals surface area contributed by atoms with Crippen LogP contribution in [0.2, 0.25) is 0 Å². The summed E-state index contributed by atoms with van der Waals surface area (Å²) in [4.78, 5) is 40.0. The van der Waals surface area contributed by atoms with E-state index in [4.69, 9.17) is 10.7 Å². The smallest absolute Gasteiger partial charge is 0.270 e. The molecule has 2 amide bonds. The van der Waals surface area contributed by atoms with E-state index in [1.165, 1.54) is 12.1 Å². The molecule has 0 radical (unpaired) electrons. The molecule has 2 unspecified atom stereocenters. The SMILES string of the molecule is CC(F)(F)c1ccnc(NC(=O)c2ccc(-c3nc(C4CCC5CCC(=O)N5C4)n4ccnc(N)c34)cc2F)c1. The molecule has 0 bridgehead atoms. The fraction of sp³-hybridized carbons (Fsp3) is 0.321. The number of anilines is 2. The van der Waals surface area contributed by atoms with Gasteiger partial charge in [-0.15, -0.1) is 0 Å². The minimum Gasteiger partial charge on any atom is -0.382 e. The molecule has 2 saturated heterocycles. The van der Waals surface area contributed by atoms with Crippen LogP contribution in [0.25, 0.3) is 16.8 Å². The van der Waals surface area contributed by atoms with Crippen molar-refractivity contribution in [2.75, 3.05) is 17.6 Å². The van der Waals surface area contributed by atoms with Crippen molar-refractivity contribution in [2.24, 2.45) is 0 Å². The Hall–Kier alpha value is -4.48. The fourth-order valence-corrected chi connectivity index (χ4v) is 5.66. The fourth-order valence-electron chi connectivity index (χ4n) is 5.66. The summed E-state index contributed by atoms with van der Waals surface area (Å²) in [5.41, 5.74) is 6.91. The first-order valence-corrected chi connectivity index (χ1v) is 13.0. The second kappa shape index (κ2) is 9.61. The molecule has 40 heavy (non-hydrogen) atoms. The Morgan fingerprint density at radius 1 is 1.12 bits per heavy atom. The predicted octanol–water partition coefficient (Wildman–Crippen LogP) is 4.75. The van der Waals surface area contributed by atoms with Crippen molar-refractivity contribution in [2.45, 2.75) is 50.5 Å². The molecule has 0 aliphatic carbocycles. The van der Waals surface area contributed by atoms with E-state index in [0.29, 0.717) is 35.6 Å². The summed E-state index contributed by atoms with van der Waals surface area (Å²) in [5, 5.41) is 2.37. The predicted molar refractivity (Wildman–Crippen MR) is 141 cm³/mol. The van der Waals surface area contributed by atoms with Gasteiger partial charge in [-0.1, -0.05) is 6.07 Å². The maximum Gasteiger partial charge on any atom is 0.270 e. The van der Waals surface area contributed by atoms with Gasteiger partial charge in [0.1, 0.15) is 34.5 Å². The van der Waals surface area contributed by atoms with Crippen molar-refractivity contribution in [1.29, 1.82) is 0 Å². The Kier molecular flexibility index (Phi) is 6.20. The van der Waals surface area contributed by atoms with Gasteiger partial charge in [-0.25, -0.2) is 28.1 Å². The molecule has 5 heterocycles. The van der Waals surface area contributed by atoms with E-state index >= 15 is 4.39 Å². The molecule has 2 aliphatic rings. The molecule has 3 N–H and O–H groups in total. The van der Waals surface area contributed by atoms with E-state index in [-0.39, 0.29) is 40.6 Å². The number of amides is 2. The van der Waals surface area contributed by atoms with Crippen LogP contribution < -0.4 is 11.1 Å². The number of nitrogens with two attached hydrogens (primary N) is 1. The lowest BCUT2D eigenvalue weighted by Gasteiger charge is -2.34. The molecule has 206 valence electrons. The highest BCUT2D eigenvalue weighted by atomic mass is 19.3. The van der Waals surface area contributed by atoms with Crippen molar-refractivity contribution in [3.63, 3.8) is 0 Å². The number of alkyl halides is 2. The molecule has 2 fully saturated rings. The number of aromatic nitrogens is 4. The normalized spacial score (nSPS) is 19.2. The molecule has 2 atom stereocenters. The number of piperidine rings is 1. The lowest BCUT2D eigenvalue weighted by Crippen LogP contribution is -2.41. The minimum atomic E-state index is -3.12. The van der Waals surface area contributed by atoms with Crippen molar-refractivity contribution in [3.8, 4) is 11.3 Å². The highest BCUT2D eigenvalue weighted by Gasteiger charge is 2.38. The van der Waals surface area contributed by atoms with Crippen LogP contribution >= 0.6 is 0 Å². The number of carbonyl (C=O) groups excluding carboxylic acids is 2. The molecular formula is C28H26F3N7O2. The molecule has 1 aromatic carbocycles. The number of carbonyl (C=O) groups is 2. The molecule has 12 heteroatoms. The zero-order valence-corrected chi connectivity index (χ0v) is 21.6. The Labute approximate surface area is 227 Å². The van der Waals surface area contributed by atoms with Crippen LogP contribution in [-0.2, 0) is 10.7 Å². The lowest BCUT2D eigenvalue weighted by atomic mass is 9.92. The first-order chi connectivity index (χ1) is 19.1. The summed E-state index contributed by atoms with van der Waals surface area (Å²) in [6, 6.07) is 6.47. The first-order valence-electron chi connectivity index (χ1n) is 13.0. The molecule has 0 saturated carbocycles. The molecule has 6 rings (SSSR count). The number of hydrogen-bond acceptors (Lipinski definition) is 6. The number of pyridine rings is 1. The summed E-state index contributed by atoms with van der Waals surface area (Å²) < 4.78 is 44.4. The lowest BCUT2D eigenvalue weighted by molar-refractivity contribution is -0.130. The Bertz CT molecular complexity index is 1650. The number of rotatable bonds is 5. The number of nitrogens with one attached hydrogen (secondary N) is 1. The number of nitrogen functional groups attached to an aromatic ring is 1. The van der Waals surface area contributed by atoms with Crippen LogP contribution in [0.3, 0.4) is 0 Å². The van der Waals surface area contributed by atoms with Gasteiger partial charge in [-0.3, -0.25) is 14.0 Å². The monoisotopic (exact) mass is 549 g/mol.